The highest BCUT2D eigenvalue weighted by molar-refractivity contribution is 7.06. The van der Waals surface area contributed by atoms with Crippen molar-refractivity contribution in [3.63, 3.8) is 0 Å². The third kappa shape index (κ3) is 6.02. The lowest BCUT2D eigenvalue weighted by Gasteiger charge is -2.13. The molecule has 0 unspecified atom stereocenters. The minimum Gasteiger partial charge on any atom is -0.497 e. The molecule has 0 N–H and O–H groups in total. The minimum absolute atomic E-state index is 0.00755. The molecule has 11 heteroatoms. The van der Waals surface area contributed by atoms with Crippen molar-refractivity contribution in [3.05, 3.63) is 64.0 Å². The van der Waals surface area contributed by atoms with E-state index in [9.17, 15) is 26.7 Å². The first-order valence-corrected chi connectivity index (χ1v) is 10.9. The zero-order chi connectivity index (χ0) is 24.9. The van der Waals surface area contributed by atoms with Crippen molar-refractivity contribution in [1.29, 1.82) is 0 Å². The Balaban J connectivity index is 1.85. The van der Waals surface area contributed by atoms with Crippen molar-refractivity contribution in [3.8, 4) is 22.8 Å². The zero-order valence-corrected chi connectivity index (χ0v) is 19.0. The van der Waals surface area contributed by atoms with Gasteiger partial charge in [-0.15, -0.1) is 0 Å². The maximum atomic E-state index is 14.5. The molecule has 1 aromatic heterocycles. The number of benzene rings is 2. The highest BCUT2D eigenvalue weighted by Crippen LogP contribution is 2.40. The van der Waals surface area contributed by atoms with Gasteiger partial charge in [-0.1, -0.05) is 0 Å². The molecular weight excluding hydrogens is 481 g/mol. The molecule has 0 radical (unpaired) electrons. The Morgan fingerprint density at radius 3 is 2.29 bits per heavy atom. The zero-order valence-electron chi connectivity index (χ0n) is 18.2. The average Bonchev–Trinajstić information content (AvgIpc) is 3.22. The maximum absolute atomic E-state index is 14.5. The van der Waals surface area contributed by atoms with E-state index in [0.29, 0.717) is 11.3 Å². The van der Waals surface area contributed by atoms with Gasteiger partial charge >= 0.3 is 12.1 Å². The van der Waals surface area contributed by atoms with Crippen molar-refractivity contribution >= 4 is 17.5 Å². The quantitative estimate of drug-likeness (QED) is 0.259. The molecule has 3 aromatic rings. The number of carbonyl (C=O) groups is 1. The summed E-state index contributed by atoms with van der Waals surface area (Å²) < 4.78 is 88.6. The fourth-order valence-electron chi connectivity index (χ4n) is 3.16. The van der Waals surface area contributed by atoms with Crippen LogP contribution in [-0.2, 0) is 28.7 Å². The summed E-state index contributed by atoms with van der Waals surface area (Å²) in [5, 5.41) is 0. The van der Waals surface area contributed by atoms with E-state index in [2.05, 4.69) is 4.37 Å². The predicted octanol–water partition coefficient (Wildman–Crippen LogP) is 6.19. The van der Waals surface area contributed by atoms with Crippen LogP contribution < -0.4 is 9.47 Å². The maximum Gasteiger partial charge on any atom is 0.427 e. The molecule has 0 spiro atoms. The van der Waals surface area contributed by atoms with Gasteiger partial charge in [-0.05, 0) is 66.8 Å². The topological polar surface area (TPSA) is 57.7 Å². The molecule has 3 rings (SSSR count). The van der Waals surface area contributed by atoms with Crippen LogP contribution in [0.25, 0.3) is 11.3 Å². The number of hydrogen-bond donors (Lipinski definition) is 0. The van der Waals surface area contributed by atoms with Crippen molar-refractivity contribution in [1.82, 2.24) is 4.37 Å². The van der Waals surface area contributed by atoms with Gasteiger partial charge in [0.25, 0.3) is 0 Å². The number of rotatable bonds is 9. The van der Waals surface area contributed by atoms with Crippen LogP contribution in [0, 0.1) is 11.6 Å². The van der Waals surface area contributed by atoms with E-state index in [0.717, 1.165) is 12.1 Å². The van der Waals surface area contributed by atoms with Crippen LogP contribution in [0.2, 0.25) is 0 Å². The number of halogens is 5. The molecule has 0 bridgehead atoms. The highest BCUT2D eigenvalue weighted by Gasteiger charge is 2.38. The van der Waals surface area contributed by atoms with E-state index >= 15 is 0 Å². The van der Waals surface area contributed by atoms with Crippen LogP contribution in [0.15, 0.2) is 36.4 Å². The number of nitrogens with zero attached hydrogens (tertiary/aromatic N) is 1. The van der Waals surface area contributed by atoms with E-state index in [1.807, 2.05) is 0 Å². The molecule has 0 atom stereocenters. The Morgan fingerprint density at radius 2 is 1.74 bits per heavy atom. The van der Waals surface area contributed by atoms with Crippen molar-refractivity contribution in [2.45, 2.75) is 32.5 Å². The van der Waals surface area contributed by atoms with Crippen LogP contribution in [-0.4, -0.2) is 24.1 Å². The lowest BCUT2D eigenvalue weighted by molar-refractivity contribution is -0.143. The van der Waals surface area contributed by atoms with Gasteiger partial charge in [0.15, 0.2) is 17.4 Å². The first kappa shape index (κ1) is 25.4. The number of hydrogen-bond acceptors (Lipinski definition) is 6. The summed E-state index contributed by atoms with van der Waals surface area (Å²) in [5.41, 5.74) is 0.198. The minimum atomic E-state index is -4.73. The van der Waals surface area contributed by atoms with Crippen LogP contribution in [0.5, 0.6) is 11.5 Å². The number of alkyl halides is 3. The fraction of sp³-hybridized carbons (Fsp3) is 0.304. The summed E-state index contributed by atoms with van der Waals surface area (Å²) in [6.07, 6.45) is -4.77. The molecular formula is C23H20F5NO4S. The molecule has 0 aliphatic carbocycles. The van der Waals surface area contributed by atoms with Gasteiger partial charge in [0, 0.05) is 17.5 Å². The monoisotopic (exact) mass is 501 g/mol. The predicted molar refractivity (Wildman–Crippen MR) is 115 cm³/mol. The van der Waals surface area contributed by atoms with E-state index in [1.54, 1.807) is 19.1 Å². The van der Waals surface area contributed by atoms with Gasteiger partial charge < -0.3 is 14.2 Å². The SMILES string of the molecule is CCOC(=O)CCc1cc(F)c(OCc2c(-c3ccc(OC)cc3)nsc2C(F)(F)F)c(F)c1. The summed E-state index contributed by atoms with van der Waals surface area (Å²) in [6.45, 7) is 1.06. The fourth-order valence-corrected chi connectivity index (χ4v) is 3.93. The molecule has 0 aliphatic rings. The standard InChI is InChI=1S/C23H20F5NO4S/c1-3-32-19(30)9-4-13-10-17(24)21(18(25)11-13)33-12-16-20(29-34-22(16)23(26,27)28)14-5-7-15(31-2)8-6-14/h5-8,10-11H,3-4,9,12H2,1-2H3. The van der Waals surface area contributed by atoms with Crippen LogP contribution in [0.4, 0.5) is 22.0 Å². The molecule has 5 nitrogen and oxygen atoms in total. The average molecular weight is 501 g/mol. The molecule has 0 amide bonds. The molecule has 2 aromatic carbocycles. The number of carbonyl (C=O) groups excluding carboxylic acids is 1. The van der Waals surface area contributed by atoms with E-state index in [1.165, 1.54) is 19.2 Å². The van der Waals surface area contributed by atoms with Crippen molar-refractivity contribution in [2.24, 2.45) is 0 Å². The van der Waals surface area contributed by atoms with Gasteiger partial charge in [-0.3, -0.25) is 4.79 Å². The van der Waals surface area contributed by atoms with Gasteiger partial charge in [0.05, 0.1) is 19.4 Å². The highest BCUT2D eigenvalue weighted by atomic mass is 32.1. The third-order valence-electron chi connectivity index (χ3n) is 4.75. The Labute approximate surface area is 196 Å². The van der Waals surface area contributed by atoms with Gasteiger partial charge in [-0.2, -0.15) is 17.5 Å². The molecule has 0 saturated heterocycles. The van der Waals surface area contributed by atoms with Crippen LogP contribution in [0.3, 0.4) is 0 Å². The second kappa shape index (κ2) is 10.8. The largest absolute Gasteiger partial charge is 0.497 e. The molecule has 182 valence electrons. The van der Waals surface area contributed by atoms with Crippen molar-refractivity contribution in [2.75, 3.05) is 13.7 Å². The summed E-state index contributed by atoms with van der Waals surface area (Å²) in [7, 11) is 1.45. The Morgan fingerprint density at radius 1 is 1.09 bits per heavy atom. The second-order valence-corrected chi connectivity index (χ2v) is 7.82. The van der Waals surface area contributed by atoms with Crippen LogP contribution >= 0.6 is 11.5 Å². The first-order chi connectivity index (χ1) is 16.1. The third-order valence-corrected chi connectivity index (χ3v) is 5.69. The number of aromatic nitrogens is 1. The van der Waals surface area contributed by atoms with Gasteiger partial charge in [0.2, 0.25) is 0 Å². The van der Waals surface area contributed by atoms with E-state index in [4.69, 9.17) is 14.2 Å². The van der Waals surface area contributed by atoms with Crippen LogP contribution in [0.1, 0.15) is 29.3 Å². The molecule has 34 heavy (non-hydrogen) atoms. The lowest BCUT2D eigenvalue weighted by Crippen LogP contribution is -2.10. The number of methoxy groups -OCH3 is 1. The second-order valence-electron chi connectivity index (χ2n) is 7.05. The molecule has 1 heterocycles. The van der Waals surface area contributed by atoms with Gasteiger partial charge in [-0.25, -0.2) is 8.78 Å². The van der Waals surface area contributed by atoms with E-state index < -0.39 is 41.0 Å². The number of esters is 1. The Kier molecular flexibility index (Phi) is 8.08. The summed E-state index contributed by atoms with van der Waals surface area (Å²) in [5.74, 6) is -3.03. The molecule has 0 fully saturated rings. The smallest absolute Gasteiger partial charge is 0.427 e. The molecule has 0 aliphatic heterocycles. The lowest BCUT2D eigenvalue weighted by atomic mass is 10.1. The van der Waals surface area contributed by atoms with Crippen molar-refractivity contribution < 1.29 is 41.0 Å². The number of ether oxygens (including phenoxy) is 3. The summed E-state index contributed by atoms with van der Waals surface area (Å²) in [6, 6.07) is 8.10. The molecule has 0 saturated carbocycles. The van der Waals surface area contributed by atoms with E-state index in [-0.39, 0.29) is 47.8 Å². The summed E-state index contributed by atoms with van der Waals surface area (Å²) >= 11 is 0.230. The Bertz CT molecular complexity index is 1120. The number of aryl methyl sites for hydroxylation is 1. The Hall–Kier alpha value is -3.21. The van der Waals surface area contributed by atoms with Gasteiger partial charge in [0.1, 0.15) is 17.2 Å². The first-order valence-electron chi connectivity index (χ1n) is 10.1. The summed E-state index contributed by atoms with van der Waals surface area (Å²) in [4.78, 5) is 10.4. The normalized spacial score (nSPS) is 11.4.